The predicted octanol–water partition coefficient (Wildman–Crippen LogP) is 3.61. The first kappa shape index (κ1) is 20.9. The lowest BCUT2D eigenvalue weighted by Gasteiger charge is -2.50. The molecule has 0 aliphatic rings. The van der Waals surface area contributed by atoms with E-state index in [9.17, 15) is 0 Å². The summed E-state index contributed by atoms with van der Waals surface area (Å²) >= 11 is 0. The fraction of sp³-hybridized carbons (Fsp3) is 0.889. The smallest absolute Gasteiger partial charge is 0.0882 e. The van der Waals surface area contributed by atoms with Crippen LogP contribution in [0.15, 0.2) is 11.8 Å². The molecule has 0 rings (SSSR count). The van der Waals surface area contributed by atoms with Crippen molar-refractivity contribution in [3.05, 3.63) is 11.8 Å². The normalized spacial score (nSPS) is 12.5. The van der Waals surface area contributed by atoms with Crippen molar-refractivity contribution in [2.24, 2.45) is 0 Å². The molecule has 0 aromatic rings. The zero-order valence-electron chi connectivity index (χ0n) is 15.7. The van der Waals surface area contributed by atoms with E-state index in [-0.39, 0.29) is 5.66 Å². The summed E-state index contributed by atoms with van der Waals surface area (Å²) in [4.78, 5) is 5.41. The minimum absolute atomic E-state index is 0.0720. The molecule has 0 aliphatic carbocycles. The Bertz CT molecular complexity index is 260. The van der Waals surface area contributed by atoms with Gasteiger partial charge in [0.1, 0.15) is 0 Å². The molecule has 21 heavy (non-hydrogen) atoms. The van der Waals surface area contributed by atoms with Crippen LogP contribution in [-0.4, -0.2) is 51.9 Å². The molecule has 0 aromatic carbocycles. The Kier molecular flexibility index (Phi) is 11.4. The maximum atomic E-state index is 4.43. The van der Waals surface area contributed by atoms with Gasteiger partial charge >= 0.3 is 0 Å². The van der Waals surface area contributed by atoms with Crippen LogP contribution in [0.1, 0.15) is 73.1 Å². The van der Waals surface area contributed by atoms with Crippen LogP contribution < -0.4 is 0 Å². The standard InChI is InChI=1S/C18H40N2Si/c1-7-11-15-19(13-9-3)18(6,17(5)21)20(14-10-4)16-12-8-2/h5,7-16H2,1-4,6,21H3. The zero-order valence-corrected chi connectivity index (χ0v) is 17.7. The van der Waals surface area contributed by atoms with Crippen molar-refractivity contribution in [3.8, 4) is 0 Å². The highest BCUT2D eigenvalue weighted by Gasteiger charge is 2.37. The molecule has 0 atom stereocenters. The predicted molar refractivity (Wildman–Crippen MR) is 101 cm³/mol. The van der Waals surface area contributed by atoms with Gasteiger partial charge < -0.3 is 0 Å². The molecule has 0 fully saturated rings. The van der Waals surface area contributed by atoms with E-state index < -0.39 is 0 Å². The summed E-state index contributed by atoms with van der Waals surface area (Å²) in [6, 6.07) is 0. The highest BCUT2D eigenvalue weighted by atomic mass is 28.1. The molecule has 0 unspecified atom stereocenters. The summed E-state index contributed by atoms with van der Waals surface area (Å²) in [5.74, 6) is 0. The average molecular weight is 313 g/mol. The molecule has 126 valence electrons. The highest BCUT2D eigenvalue weighted by molar-refractivity contribution is 6.22. The van der Waals surface area contributed by atoms with Crippen molar-refractivity contribution in [2.45, 2.75) is 78.8 Å². The van der Waals surface area contributed by atoms with Gasteiger partial charge in [0.25, 0.3) is 0 Å². The Morgan fingerprint density at radius 1 is 0.810 bits per heavy atom. The van der Waals surface area contributed by atoms with E-state index in [4.69, 9.17) is 0 Å². The van der Waals surface area contributed by atoms with Crippen LogP contribution in [0, 0.1) is 0 Å². The number of hydrogen-bond donors (Lipinski definition) is 0. The van der Waals surface area contributed by atoms with E-state index in [0.29, 0.717) is 0 Å². The summed E-state index contributed by atoms with van der Waals surface area (Å²) in [5.41, 5.74) is 0.0720. The quantitative estimate of drug-likeness (QED) is 0.379. The number of nitrogens with zero attached hydrogens (tertiary/aromatic N) is 2. The number of hydrogen-bond acceptors (Lipinski definition) is 2. The maximum Gasteiger partial charge on any atom is 0.0882 e. The lowest BCUT2D eigenvalue weighted by Crippen LogP contribution is -2.60. The second-order valence-electron chi connectivity index (χ2n) is 6.48. The third-order valence-electron chi connectivity index (χ3n) is 4.59. The van der Waals surface area contributed by atoms with Crippen LogP contribution in [0.5, 0.6) is 0 Å². The van der Waals surface area contributed by atoms with Crippen LogP contribution in [0.3, 0.4) is 0 Å². The van der Waals surface area contributed by atoms with Crippen LogP contribution in [-0.2, 0) is 0 Å². The van der Waals surface area contributed by atoms with Crippen molar-refractivity contribution in [3.63, 3.8) is 0 Å². The Morgan fingerprint density at radius 3 is 1.43 bits per heavy atom. The first-order valence-corrected chi connectivity index (χ1v) is 10.1. The van der Waals surface area contributed by atoms with E-state index >= 15 is 0 Å². The second-order valence-corrected chi connectivity index (χ2v) is 7.69. The van der Waals surface area contributed by atoms with Gasteiger partial charge in [0, 0.05) is 23.3 Å². The van der Waals surface area contributed by atoms with Crippen LogP contribution in [0.2, 0.25) is 0 Å². The fourth-order valence-electron chi connectivity index (χ4n) is 3.07. The summed E-state index contributed by atoms with van der Waals surface area (Å²) in [7, 11) is 1.08. The monoisotopic (exact) mass is 312 g/mol. The number of unbranched alkanes of at least 4 members (excludes halogenated alkanes) is 2. The van der Waals surface area contributed by atoms with Crippen LogP contribution >= 0.6 is 0 Å². The minimum Gasteiger partial charge on any atom is -0.282 e. The van der Waals surface area contributed by atoms with Crippen molar-refractivity contribution in [1.82, 2.24) is 9.80 Å². The summed E-state index contributed by atoms with van der Waals surface area (Å²) in [6.45, 7) is 20.8. The van der Waals surface area contributed by atoms with Gasteiger partial charge in [0.2, 0.25) is 0 Å². The summed E-state index contributed by atoms with van der Waals surface area (Å²) in [6.07, 6.45) is 7.57. The molecule has 0 aromatic heterocycles. The number of rotatable bonds is 13. The zero-order chi connectivity index (χ0) is 16.3. The first-order valence-electron chi connectivity index (χ1n) is 9.14. The van der Waals surface area contributed by atoms with Crippen molar-refractivity contribution in [1.29, 1.82) is 0 Å². The van der Waals surface area contributed by atoms with Gasteiger partial charge in [-0.05, 0) is 45.7 Å². The molecule has 0 aliphatic heterocycles. The Morgan fingerprint density at radius 2 is 1.19 bits per heavy atom. The van der Waals surface area contributed by atoms with Crippen molar-refractivity contribution in [2.75, 3.05) is 26.2 Å². The van der Waals surface area contributed by atoms with E-state index in [1.807, 2.05) is 0 Å². The third-order valence-corrected chi connectivity index (χ3v) is 5.54. The third kappa shape index (κ3) is 6.25. The topological polar surface area (TPSA) is 6.48 Å². The van der Waals surface area contributed by atoms with E-state index in [1.165, 1.54) is 69.9 Å². The molecule has 0 heterocycles. The SMILES string of the molecule is C=C([SiH3])C(C)(N(CCC)CCCC)N(CCC)CCCC. The van der Waals surface area contributed by atoms with Gasteiger partial charge in [0.15, 0.2) is 0 Å². The van der Waals surface area contributed by atoms with Crippen LogP contribution in [0.25, 0.3) is 0 Å². The van der Waals surface area contributed by atoms with Gasteiger partial charge in [-0.3, -0.25) is 9.80 Å². The molecule has 0 saturated carbocycles. The maximum absolute atomic E-state index is 4.43. The van der Waals surface area contributed by atoms with Gasteiger partial charge in [-0.1, -0.05) is 45.7 Å². The average Bonchev–Trinajstić information content (AvgIpc) is 2.46. The lowest BCUT2D eigenvalue weighted by atomic mass is 10.0. The van der Waals surface area contributed by atoms with Gasteiger partial charge in [-0.25, -0.2) is 0 Å². The van der Waals surface area contributed by atoms with Gasteiger partial charge in [0.05, 0.1) is 5.66 Å². The molecular formula is C18H40N2Si. The summed E-state index contributed by atoms with van der Waals surface area (Å²) < 4.78 is 0. The molecular weight excluding hydrogens is 272 g/mol. The Hall–Kier alpha value is -0.123. The van der Waals surface area contributed by atoms with Gasteiger partial charge in [-0.15, -0.1) is 6.58 Å². The molecule has 0 saturated heterocycles. The van der Waals surface area contributed by atoms with E-state index in [1.54, 1.807) is 0 Å². The second kappa shape index (κ2) is 11.4. The molecule has 0 spiro atoms. The fourth-order valence-corrected chi connectivity index (χ4v) is 3.70. The molecule has 0 N–H and O–H groups in total. The van der Waals surface area contributed by atoms with Crippen molar-refractivity contribution >= 4 is 10.2 Å². The molecule has 2 nitrogen and oxygen atoms in total. The Balaban J connectivity index is 5.31. The molecule has 0 bridgehead atoms. The van der Waals surface area contributed by atoms with Crippen LogP contribution in [0.4, 0.5) is 0 Å². The largest absolute Gasteiger partial charge is 0.282 e. The highest BCUT2D eigenvalue weighted by Crippen LogP contribution is 2.28. The summed E-state index contributed by atoms with van der Waals surface area (Å²) in [5, 5.41) is 1.43. The van der Waals surface area contributed by atoms with Crippen molar-refractivity contribution < 1.29 is 0 Å². The lowest BCUT2D eigenvalue weighted by molar-refractivity contribution is -0.0144. The molecule has 3 heteroatoms. The minimum atomic E-state index is 0.0720. The first-order chi connectivity index (χ1) is 9.98. The van der Waals surface area contributed by atoms with E-state index in [0.717, 1.165) is 10.2 Å². The molecule has 0 amide bonds. The molecule has 0 radical (unpaired) electrons. The van der Waals surface area contributed by atoms with Gasteiger partial charge in [-0.2, -0.15) is 0 Å². The Labute approximate surface area is 137 Å². The van der Waals surface area contributed by atoms with E-state index in [2.05, 4.69) is 51.0 Å².